The van der Waals surface area contributed by atoms with Gasteiger partial charge >= 0.3 is 0 Å². The Bertz CT molecular complexity index is 1240. The van der Waals surface area contributed by atoms with Crippen LogP contribution in [0.3, 0.4) is 0 Å². The van der Waals surface area contributed by atoms with Crippen molar-refractivity contribution in [2.24, 2.45) is 0 Å². The molecule has 0 atom stereocenters. The molecule has 0 unspecified atom stereocenters. The fraction of sp³-hybridized carbons (Fsp3) is 0.125. The number of ether oxygens (including phenoxy) is 1. The van der Waals surface area contributed by atoms with E-state index < -0.39 is 0 Å². The van der Waals surface area contributed by atoms with Crippen molar-refractivity contribution in [3.63, 3.8) is 0 Å². The van der Waals surface area contributed by atoms with E-state index >= 15 is 0 Å². The Morgan fingerprint density at radius 3 is 2.33 bits per heavy atom. The number of carbonyl (C=O) groups is 1. The fourth-order valence-corrected chi connectivity index (χ4v) is 3.98. The number of methoxy groups -OCH3 is 1. The quantitative estimate of drug-likeness (QED) is 0.384. The molecule has 0 aliphatic rings. The lowest BCUT2D eigenvalue weighted by Gasteiger charge is -2.11. The van der Waals surface area contributed by atoms with Gasteiger partial charge in [0.15, 0.2) is 11.0 Å². The highest BCUT2D eigenvalue weighted by molar-refractivity contribution is 7.99. The second kappa shape index (κ2) is 10.3. The maximum absolute atomic E-state index is 13.5. The normalized spacial score (nSPS) is 10.8. The van der Waals surface area contributed by atoms with Gasteiger partial charge in [-0.05, 0) is 54.6 Å². The first-order valence-corrected chi connectivity index (χ1v) is 11.0. The molecular weight excluding hydrogens is 446 g/mol. The zero-order valence-electron chi connectivity index (χ0n) is 17.7. The fourth-order valence-electron chi connectivity index (χ4n) is 3.20. The van der Waals surface area contributed by atoms with Gasteiger partial charge in [-0.25, -0.2) is 8.78 Å². The highest BCUT2D eigenvalue weighted by Crippen LogP contribution is 2.28. The molecular formula is C24H20F2N4O2S. The largest absolute Gasteiger partial charge is 0.496 e. The molecule has 0 saturated heterocycles. The van der Waals surface area contributed by atoms with E-state index in [4.69, 9.17) is 4.74 Å². The molecule has 3 aromatic carbocycles. The van der Waals surface area contributed by atoms with Crippen LogP contribution in [0.4, 0.5) is 8.78 Å². The molecule has 0 radical (unpaired) electrons. The summed E-state index contributed by atoms with van der Waals surface area (Å²) in [5.74, 6) is 0.317. The summed E-state index contributed by atoms with van der Waals surface area (Å²) < 4.78 is 33.9. The summed E-state index contributed by atoms with van der Waals surface area (Å²) >= 11 is 1.20. The Balaban J connectivity index is 1.53. The Morgan fingerprint density at radius 2 is 1.64 bits per heavy atom. The predicted octanol–water partition coefficient (Wildman–Crippen LogP) is 4.63. The minimum absolute atomic E-state index is 0.0951. The van der Waals surface area contributed by atoms with E-state index in [1.54, 1.807) is 35.9 Å². The second-order valence-corrected chi connectivity index (χ2v) is 7.94. The Hall–Kier alpha value is -3.72. The van der Waals surface area contributed by atoms with E-state index in [0.29, 0.717) is 34.5 Å². The number of amides is 1. The van der Waals surface area contributed by atoms with E-state index in [1.807, 2.05) is 24.3 Å². The van der Waals surface area contributed by atoms with Gasteiger partial charge in [-0.15, -0.1) is 10.2 Å². The molecule has 4 rings (SSSR count). The van der Waals surface area contributed by atoms with Crippen LogP contribution in [-0.2, 0) is 11.3 Å². The lowest BCUT2D eigenvalue weighted by Crippen LogP contribution is -2.25. The number of thioether (sulfide) groups is 1. The van der Waals surface area contributed by atoms with Crippen molar-refractivity contribution in [3.8, 4) is 22.8 Å². The molecule has 1 N–H and O–H groups in total. The first kappa shape index (κ1) is 22.5. The molecule has 6 nitrogen and oxygen atoms in total. The van der Waals surface area contributed by atoms with Crippen molar-refractivity contribution in [2.45, 2.75) is 11.7 Å². The Labute approximate surface area is 193 Å². The van der Waals surface area contributed by atoms with Crippen molar-refractivity contribution in [1.82, 2.24) is 20.1 Å². The van der Waals surface area contributed by atoms with Gasteiger partial charge in [0.25, 0.3) is 0 Å². The van der Waals surface area contributed by atoms with Crippen molar-refractivity contribution >= 4 is 17.7 Å². The number of hydrogen-bond donors (Lipinski definition) is 1. The van der Waals surface area contributed by atoms with Gasteiger partial charge in [0.05, 0.1) is 12.9 Å². The predicted molar refractivity (Wildman–Crippen MR) is 122 cm³/mol. The van der Waals surface area contributed by atoms with Gasteiger partial charge in [-0.2, -0.15) is 0 Å². The highest BCUT2D eigenvalue weighted by Gasteiger charge is 2.18. The van der Waals surface area contributed by atoms with Crippen LogP contribution < -0.4 is 10.1 Å². The summed E-state index contributed by atoms with van der Waals surface area (Å²) in [7, 11) is 1.58. The number of nitrogens with zero attached hydrogens (tertiary/aromatic N) is 3. The number of halogens is 2. The van der Waals surface area contributed by atoms with Crippen LogP contribution >= 0.6 is 11.8 Å². The molecule has 33 heavy (non-hydrogen) atoms. The van der Waals surface area contributed by atoms with Crippen LogP contribution in [0.2, 0.25) is 0 Å². The average Bonchev–Trinajstić information content (AvgIpc) is 3.26. The molecule has 0 spiro atoms. The Kier molecular flexibility index (Phi) is 6.99. The van der Waals surface area contributed by atoms with Crippen molar-refractivity contribution in [1.29, 1.82) is 0 Å². The maximum Gasteiger partial charge on any atom is 0.230 e. The van der Waals surface area contributed by atoms with Crippen LogP contribution in [-0.4, -0.2) is 33.5 Å². The zero-order chi connectivity index (χ0) is 23.2. The number of hydrogen-bond acceptors (Lipinski definition) is 5. The molecule has 0 saturated carbocycles. The summed E-state index contributed by atoms with van der Waals surface area (Å²) in [5, 5.41) is 11.8. The topological polar surface area (TPSA) is 69.0 Å². The first-order valence-electron chi connectivity index (χ1n) is 10.0. The van der Waals surface area contributed by atoms with E-state index in [0.717, 1.165) is 5.56 Å². The molecule has 0 fully saturated rings. The van der Waals surface area contributed by atoms with Crippen molar-refractivity contribution < 1.29 is 18.3 Å². The summed E-state index contributed by atoms with van der Waals surface area (Å²) in [6.07, 6.45) is 0. The van der Waals surface area contributed by atoms with Crippen LogP contribution in [0, 0.1) is 11.6 Å². The minimum Gasteiger partial charge on any atom is -0.496 e. The third-order valence-corrected chi connectivity index (χ3v) is 5.75. The van der Waals surface area contributed by atoms with Gasteiger partial charge < -0.3 is 10.1 Å². The van der Waals surface area contributed by atoms with Gasteiger partial charge in [-0.3, -0.25) is 9.36 Å². The third kappa shape index (κ3) is 5.38. The lowest BCUT2D eigenvalue weighted by atomic mass is 10.2. The van der Waals surface area contributed by atoms with Gasteiger partial charge in [-0.1, -0.05) is 30.0 Å². The smallest absolute Gasteiger partial charge is 0.230 e. The van der Waals surface area contributed by atoms with Crippen LogP contribution in [0.25, 0.3) is 17.1 Å². The Morgan fingerprint density at radius 1 is 0.970 bits per heavy atom. The molecule has 9 heteroatoms. The summed E-state index contributed by atoms with van der Waals surface area (Å²) in [6, 6.07) is 19.1. The van der Waals surface area contributed by atoms with Gasteiger partial charge in [0.2, 0.25) is 5.91 Å². The van der Waals surface area contributed by atoms with Crippen molar-refractivity contribution in [3.05, 3.63) is 90.0 Å². The number of nitrogens with one attached hydrogen (secondary N) is 1. The number of aromatic nitrogens is 3. The first-order chi connectivity index (χ1) is 16.0. The summed E-state index contributed by atoms with van der Waals surface area (Å²) in [6.45, 7) is 0.328. The second-order valence-electron chi connectivity index (χ2n) is 7.00. The molecule has 0 bridgehead atoms. The standard InChI is InChI=1S/C24H20F2N4O2S/c1-32-21-5-3-2-4-17(21)14-27-22(31)15-33-24-29-28-23(16-6-8-18(25)9-7-16)30(24)20-12-10-19(26)11-13-20/h2-13H,14-15H2,1H3,(H,27,31). The van der Waals surface area contributed by atoms with E-state index in [-0.39, 0.29) is 23.3 Å². The monoisotopic (exact) mass is 466 g/mol. The van der Waals surface area contributed by atoms with Crippen LogP contribution in [0.1, 0.15) is 5.56 Å². The summed E-state index contributed by atoms with van der Waals surface area (Å²) in [4.78, 5) is 12.5. The lowest BCUT2D eigenvalue weighted by molar-refractivity contribution is -0.118. The molecule has 1 heterocycles. The van der Waals surface area contributed by atoms with Gasteiger partial charge in [0.1, 0.15) is 17.4 Å². The van der Waals surface area contributed by atoms with Gasteiger partial charge in [0, 0.05) is 23.4 Å². The molecule has 1 amide bonds. The molecule has 168 valence electrons. The van der Waals surface area contributed by atoms with Crippen molar-refractivity contribution in [2.75, 3.05) is 12.9 Å². The van der Waals surface area contributed by atoms with Crippen LogP contribution in [0.5, 0.6) is 5.75 Å². The molecule has 0 aliphatic carbocycles. The maximum atomic E-state index is 13.5. The third-order valence-electron chi connectivity index (χ3n) is 4.82. The summed E-state index contributed by atoms with van der Waals surface area (Å²) in [5.41, 5.74) is 2.13. The zero-order valence-corrected chi connectivity index (χ0v) is 18.5. The van der Waals surface area contributed by atoms with E-state index in [2.05, 4.69) is 15.5 Å². The van der Waals surface area contributed by atoms with E-state index in [1.165, 1.54) is 36.0 Å². The number of rotatable bonds is 8. The number of benzene rings is 3. The molecule has 4 aromatic rings. The molecule has 1 aromatic heterocycles. The number of carbonyl (C=O) groups excluding carboxylic acids is 1. The average molecular weight is 467 g/mol. The minimum atomic E-state index is -0.375. The highest BCUT2D eigenvalue weighted by atomic mass is 32.2. The number of para-hydroxylation sites is 1. The SMILES string of the molecule is COc1ccccc1CNC(=O)CSc1nnc(-c2ccc(F)cc2)n1-c1ccc(F)cc1. The van der Waals surface area contributed by atoms with E-state index in [9.17, 15) is 13.6 Å². The van der Waals surface area contributed by atoms with Crippen LogP contribution in [0.15, 0.2) is 78.0 Å². The molecule has 0 aliphatic heterocycles.